The summed E-state index contributed by atoms with van der Waals surface area (Å²) < 4.78 is 49.4. The Balaban J connectivity index is 1.61. The van der Waals surface area contributed by atoms with Crippen molar-refractivity contribution in [1.29, 1.82) is 0 Å². The van der Waals surface area contributed by atoms with Crippen LogP contribution in [-0.4, -0.2) is 75.5 Å². The van der Waals surface area contributed by atoms with E-state index in [0.717, 1.165) is 4.31 Å². The van der Waals surface area contributed by atoms with Gasteiger partial charge in [0.25, 0.3) is 10.0 Å². The second kappa shape index (κ2) is 9.80. The molecule has 13 heteroatoms. The van der Waals surface area contributed by atoms with Crippen LogP contribution in [0, 0.1) is 0 Å². The van der Waals surface area contributed by atoms with Crippen LogP contribution in [0.3, 0.4) is 0 Å². The Labute approximate surface area is 202 Å². The molecule has 0 N–H and O–H groups in total. The highest BCUT2D eigenvalue weighted by Crippen LogP contribution is 2.32. The summed E-state index contributed by atoms with van der Waals surface area (Å²) in [4.78, 5) is 22.4. The lowest BCUT2D eigenvalue weighted by Crippen LogP contribution is -2.41. The van der Waals surface area contributed by atoms with Crippen LogP contribution in [-0.2, 0) is 26.0 Å². The molecule has 0 saturated carbocycles. The van der Waals surface area contributed by atoms with Crippen LogP contribution >= 0.6 is 11.6 Å². The molecule has 1 amide bonds. The summed E-state index contributed by atoms with van der Waals surface area (Å²) in [6.45, 7) is 3.13. The maximum absolute atomic E-state index is 13.3. The number of sulfonamides is 1. The standard InChI is InChI=1S/C21H25ClN4O7S/c1-13-11-32-19-14(10-26(13)21(27)33-17-4-5-31-12-17)6-16(9-24-19)25(2)34(28,29)18-7-15(22)8-23-20(18)30-3/h6-9,13,17H,4-5,10-12H2,1-3H3/t13-,17?/m1/s1. The molecule has 0 radical (unpaired) electrons. The zero-order valence-corrected chi connectivity index (χ0v) is 20.5. The molecule has 2 aliphatic heterocycles. The maximum atomic E-state index is 13.3. The Bertz CT molecular complexity index is 1170. The van der Waals surface area contributed by atoms with Gasteiger partial charge in [-0.25, -0.2) is 23.2 Å². The van der Waals surface area contributed by atoms with E-state index in [9.17, 15) is 13.2 Å². The summed E-state index contributed by atoms with van der Waals surface area (Å²) in [5.74, 6) is 0.240. The number of rotatable bonds is 5. The number of fused-ring (bicyclic) bond motifs is 1. The summed E-state index contributed by atoms with van der Waals surface area (Å²) in [5.41, 5.74) is 0.802. The van der Waals surface area contributed by atoms with E-state index in [0.29, 0.717) is 31.1 Å². The number of methoxy groups -OCH3 is 1. The van der Waals surface area contributed by atoms with Gasteiger partial charge in [0, 0.05) is 25.2 Å². The van der Waals surface area contributed by atoms with E-state index < -0.39 is 16.1 Å². The molecule has 2 aliphatic rings. The number of nitrogens with zero attached hydrogens (tertiary/aromatic N) is 4. The second-order valence-corrected chi connectivity index (χ2v) is 10.3. The van der Waals surface area contributed by atoms with Gasteiger partial charge in [-0.3, -0.25) is 9.21 Å². The predicted octanol–water partition coefficient (Wildman–Crippen LogP) is 2.47. The van der Waals surface area contributed by atoms with E-state index in [-0.39, 0.29) is 46.8 Å². The van der Waals surface area contributed by atoms with E-state index in [2.05, 4.69) is 9.97 Å². The number of carbonyl (C=O) groups excluding carboxylic acids is 1. The number of amides is 1. The number of hydrogen-bond donors (Lipinski definition) is 0. The van der Waals surface area contributed by atoms with Gasteiger partial charge < -0.3 is 18.9 Å². The van der Waals surface area contributed by atoms with Gasteiger partial charge in [0.15, 0.2) is 4.90 Å². The van der Waals surface area contributed by atoms with Gasteiger partial charge in [-0.2, -0.15) is 0 Å². The zero-order valence-electron chi connectivity index (χ0n) is 18.9. The van der Waals surface area contributed by atoms with Gasteiger partial charge in [0.05, 0.1) is 49.8 Å². The first-order chi connectivity index (χ1) is 16.2. The number of ether oxygens (including phenoxy) is 4. The molecular formula is C21H25ClN4O7S. The number of pyridine rings is 2. The predicted molar refractivity (Wildman–Crippen MR) is 122 cm³/mol. The van der Waals surface area contributed by atoms with Crippen molar-refractivity contribution in [1.82, 2.24) is 14.9 Å². The largest absolute Gasteiger partial charge is 0.480 e. The molecule has 184 valence electrons. The molecule has 0 spiro atoms. The zero-order chi connectivity index (χ0) is 24.5. The number of hydrogen-bond acceptors (Lipinski definition) is 9. The summed E-state index contributed by atoms with van der Waals surface area (Å²) in [6, 6.07) is 2.60. The van der Waals surface area contributed by atoms with Crippen molar-refractivity contribution >= 4 is 33.4 Å². The Morgan fingerprint density at radius 2 is 2.06 bits per heavy atom. The summed E-state index contributed by atoms with van der Waals surface area (Å²) >= 11 is 5.98. The average molecular weight is 513 g/mol. The molecule has 1 fully saturated rings. The first-order valence-electron chi connectivity index (χ1n) is 10.6. The van der Waals surface area contributed by atoms with Crippen molar-refractivity contribution in [3.63, 3.8) is 0 Å². The van der Waals surface area contributed by atoms with Crippen LogP contribution in [0.4, 0.5) is 10.5 Å². The van der Waals surface area contributed by atoms with Crippen molar-refractivity contribution in [2.24, 2.45) is 0 Å². The molecule has 2 aromatic rings. The fourth-order valence-corrected chi connectivity index (χ4v) is 5.15. The maximum Gasteiger partial charge on any atom is 0.410 e. The Morgan fingerprint density at radius 3 is 2.76 bits per heavy atom. The molecule has 34 heavy (non-hydrogen) atoms. The lowest BCUT2D eigenvalue weighted by atomic mass is 10.2. The van der Waals surface area contributed by atoms with Crippen molar-refractivity contribution in [2.75, 3.05) is 38.3 Å². The molecule has 0 bridgehead atoms. The minimum absolute atomic E-state index is 0.0825. The molecule has 1 unspecified atom stereocenters. The molecule has 2 atom stereocenters. The molecule has 0 aliphatic carbocycles. The van der Waals surface area contributed by atoms with E-state index in [4.69, 9.17) is 30.5 Å². The molecule has 1 saturated heterocycles. The molecule has 2 aromatic heterocycles. The van der Waals surface area contributed by atoms with Crippen LogP contribution < -0.4 is 13.8 Å². The quantitative estimate of drug-likeness (QED) is 0.594. The highest BCUT2D eigenvalue weighted by molar-refractivity contribution is 7.92. The van der Waals surface area contributed by atoms with E-state index in [1.807, 2.05) is 6.92 Å². The third kappa shape index (κ3) is 4.84. The van der Waals surface area contributed by atoms with Crippen molar-refractivity contribution in [3.05, 3.63) is 35.1 Å². The number of carbonyl (C=O) groups is 1. The third-order valence-electron chi connectivity index (χ3n) is 5.62. The second-order valence-electron chi connectivity index (χ2n) is 7.95. The number of halogens is 1. The van der Waals surface area contributed by atoms with Gasteiger partial charge in [0.1, 0.15) is 12.7 Å². The SMILES string of the molecule is COc1ncc(Cl)cc1S(=O)(=O)N(C)c1cnc2c(c1)CN(C(=O)OC1CCOC1)[C@H](C)CO2. The molecule has 4 heterocycles. The molecular weight excluding hydrogens is 488 g/mol. The molecule has 0 aromatic carbocycles. The van der Waals surface area contributed by atoms with Gasteiger partial charge in [-0.15, -0.1) is 0 Å². The molecule has 4 rings (SSSR count). The minimum atomic E-state index is -4.09. The lowest BCUT2D eigenvalue weighted by Gasteiger charge is -2.27. The Morgan fingerprint density at radius 1 is 1.26 bits per heavy atom. The average Bonchev–Trinajstić information content (AvgIpc) is 3.27. The Hall–Kier alpha value is -2.83. The van der Waals surface area contributed by atoms with Gasteiger partial charge in [0.2, 0.25) is 11.8 Å². The topological polar surface area (TPSA) is 120 Å². The van der Waals surface area contributed by atoms with E-state index in [1.54, 1.807) is 6.07 Å². The van der Waals surface area contributed by atoms with Crippen LogP contribution in [0.25, 0.3) is 0 Å². The monoisotopic (exact) mass is 512 g/mol. The number of aromatic nitrogens is 2. The normalized spacial score (nSPS) is 20.2. The van der Waals surface area contributed by atoms with Crippen LogP contribution in [0.1, 0.15) is 18.9 Å². The van der Waals surface area contributed by atoms with Crippen LogP contribution in [0.15, 0.2) is 29.4 Å². The number of anilines is 1. The van der Waals surface area contributed by atoms with Crippen molar-refractivity contribution < 1.29 is 32.2 Å². The van der Waals surface area contributed by atoms with Crippen molar-refractivity contribution in [3.8, 4) is 11.8 Å². The van der Waals surface area contributed by atoms with E-state index in [1.165, 1.54) is 37.5 Å². The van der Waals surface area contributed by atoms with Crippen LogP contribution in [0.5, 0.6) is 11.8 Å². The fourth-order valence-electron chi connectivity index (χ4n) is 3.62. The third-order valence-corrected chi connectivity index (χ3v) is 7.60. The first-order valence-corrected chi connectivity index (χ1v) is 12.4. The summed E-state index contributed by atoms with van der Waals surface area (Å²) in [5, 5.41) is 0.150. The highest BCUT2D eigenvalue weighted by atomic mass is 35.5. The smallest absolute Gasteiger partial charge is 0.410 e. The van der Waals surface area contributed by atoms with Crippen LogP contribution in [0.2, 0.25) is 5.02 Å². The van der Waals surface area contributed by atoms with E-state index >= 15 is 0 Å². The van der Waals surface area contributed by atoms with Gasteiger partial charge in [-0.05, 0) is 19.1 Å². The Kier molecular flexibility index (Phi) is 7.01. The van der Waals surface area contributed by atoms with Gasteiger partial charge in [-0.1, -0.05) is 11.6 Å². The fraction of sp³-hybridized carbons (Fsp3) is 0.476. The first kappa shape index (κ1) is 24.3. The summed E-state index contributed by atoms with van der Waals surface area (Å²) in [6.07, 6.45) is 2.56. The molecule has 11 nitrogen and oxygen atoms in total. The van der Waals surface area contributed by atoms with Crippen molar-refractivity contribution in [2.45, 2.75) is 36.9 Å². The summed E-state index contributed by atoms with van der Waals surface area (Å²) in [7, 11) is -1.39. The highest BCUT2D eigenvalue weighted by Gasteiger charge is 2.32. The minimum Gasteiger partial charge on any atom is -0.480 e. The lowest BCUT2D eigenvalue weighted by molar-refractivity contribution is 0.0404. The van der Waals surface area contributed by atoms with Gasteiger partial charge >= 0.3 is 6.09 Å².